The number of hydrogen-bond donors (Lipinski definition) is 1. The van der Waals surface area contributed by atoms with E-state index in [0.717, 1.165) is 43.6 Å². The largest absolute Gasteiger partial charge is 0.496 e. The third-order valence-corrected chi connectivity index (χ3v) is 4.38. The van der Waals surface area contributed by atoms with Crippen molar-refractivity contribution in [1.82, 2.24) is 10.2 Å². The molecule has 6 heteroatoms. The number of methoxy groups -OCH3 is 2. The second kappa shape index (κ2) is 8.82. The van der Waals surface area contributed by atoms with Crippen molar-refractivity contribution >= 4 is 24.8 Å². The first kappa shape index (κ1) is 19.4. The topological polar surface area (TPSA) is 33.7 Å². The maximum absolute atomic E-state index is 5.62. The first-order valence-corrected chi connectivity index (χ1v) is 7.51. The van der Waals surface area contributed by atoms with Crippen LogP contribution in [0, 0.1) is 5.92 Å². The molecule has 4 nitrogen and oxygen atoms in total. The van der Waals surface area contributed by atoms with Crippen molar-refractivity contribution in [1.29, 1.82) is 0 Å². The van der Waals surface area contributed by atoms with E-state index >= 15 is 0 Å². The van der Waals surface area contributed by atoms with Crippen LogP contribution in [0.4, 0.5) is 0 Å². The maximum Gasteiger partial charge on any atom is 0.127 e. The van der Waals surface area contributed by atoms with Crippen LogP contribution in [0.5, 0.6) is 11.5 Å². The zero-order valence-corrected chi connectivity index (χ0v) is 14.8. The van der Waals surface area contributed by atoms with Gasteiger partial charge >= 0.3 is 0 Å². The van der Waals surface area contributed by atoms with E-state index in [2.05, 4.69) is 22.3 Å². The van der Waals surface area contributed by atoms with Gasteiger partial charge < -0.3 is 14.8 Å². The van der Waals surface area contributed by atoms with Crippen LogP contribution in [-0.4, -0.2) is 45.3 Å². The van der Waals surface area contributed by atoms with Crippen LogP contribution in [-0.2, 0) is 0 Å². The van der Waals surface area contributed by atoms with E-state index < -0.39 is 0 Å². The van der Waals surface area contributed by atoms with E-state index in [1.807, 2.05) is 6.07 Å². The number of benzene rings is 1. The summed E-state index contributed by atoms with van der Waals surface area (Å²) in [6.07, 6.45) is 2.63. The minimum absolute atomic E-state index is 0. The minimum Gasteiger partial charge on any atom is -0.496 e. The quantitative estimate of drug-likeness (QED) is 0.886. The molecule has 1 aromatic rings. The van der Waals surface area contributed by atoms with Gasteiger partial charge in [-0.15, -0.1) is 24.8 Å². The molecule has 3 rings (SSSR count). The fourth-order valence-corrected chi connectivity index (χ4v) is 3.26. The molecule has 1 atom stereocenters. The van der Waals surface area contributed by atoms with Gasteiger partial charge in [-0.1, -0.05) is 6.07 Å². The molecule has 0 bridgehead atoms. The molecule has 1 saturated heterocycles. The van der Waals surface area contributed by atoms with Crippen LogP contribution in [0.3, 0.4) is 0 Å². The first-order chi connectivity index (χ1) is 9.85. The number of nitrogens with one attached hydrogen (secondary N) is 1. The lowest BCUT2D eigenvalue weighted by molar-refractivity contribution is 0.150. The molecule has 1 heterocycles. The monoisotopic (exact) mass is 348 g/mol. The second-order valence-electron chi connectivity index (χ2n) is 5.64. The van der Waals surface area contributed by atoms with E-state index in [-0.39, 0.29) is 24.8 Å². The summed E-state index contributed by atoms with van der Waals surface area (Å²) >= 11 is 0. The smallest absolute Gasteiger partial charge is 0.127 e. The molecule has 0 amide bonds. The Kier molecular flexibility index (Phi) is 7.77. The third-order valence-electron chi connectivity index (χ3n) is 4.38. The summed E-state index contributed by atoms with van der Waals surface area (Å²) in [6, 6.07) is 6.54. The van der Waals surface area contributed by atoms with Crippen LogP contribution in [0.2, 0.25) is 0 Å². The van der Waals surface area contributed by atoms with Crippen molar-refractivity contribution in [3.8, 4) is 11.5 Å². The fourth-order valence-electron chi connectivity index (χ4n) is 3.26. The summed E-state index contributed by atoms with van der Waals surface area (Å²) in [7, 11) is 3.50. The van der Waals surface area contributed by atoms with Gasteiger partial charge in [0.15, 0.2) is 0 Å². The summed E-state index contributed by atoms with van der Waals surface area (Å²) in [5.74, 6) is 2.66. The SMILES string of the molecule is COc1cccc(OC)c1[C@H](C1CC1)N1CCNCC1.Cl.Cl. The molecule has 1 aliphatic heterocycles. The van der Waals surface area contributed by atoms with Crippen molar-refractivity contribution in [2.75, 3.05) is 40.4 Å². The lowest BCUT2D eigenvalue weighted by atomic mass is 9.97. The number of hydrogen-bond acceptors (Lipinski definition) is 4. The highest BCUT2D eigenvalue weighted by Crippen LogP contribution is 2.49. The van der Waals surface area contributed by atoms with Crippen molar-refractivity contribution < 1.29 is 9.47 Å². The van der Waals surface area contributed by atoms with E-state index in [9.17, 15) is 0 Å². The van der Waals surface area contributed by atoms with Gasteiger partial charge in [0.25, 0.3) is 0 Å². The highest BCUT2D eigenvalue weighted by molar-refractivity contribution is 5.85. The molecule has 1 aromatic carbocycles. The Morgan fingerprint density at radius 2 is 1.59 bits per heavy atom. The number of piperazine rings is 1. The number of rotatable bonds is 5. The van der Waals surface area contributed by atoms with Crippen LogP contribution in [0.25, 0.3) is 0 Å². The number of nitrogens with zero attached hydrogens (tertiary/aromatic N) is 1. The van der Waals surface area contributed by atoms with Gasteiger partial charge in [-0.25, -0.2) is 0 Å². The van der Waals surface area contributed by atoms with Crippen molar-refractivity contribution in [2.24, 2.45) is 5.92 Å². The van der Waals surface area contributed by atoms with Crippen LogP contribution in [0.1, 0.15) is 24.4 Å². The summed E-state index contributed by atoms with van der Waals surface area (Å²) in [5.41, 5.74) is 1.24. The number of halogens is 2. The molecule has 22 heavy (non-hydrogen) atoms. The van der Waals surface area contributed by atoms with Crippen LogP contribution >= 0.6 is 24.8 Å². The predicted molar refractivity (Wildman–Crippen MR) is 93.9 cm³/mol. The predicted octanol–water partition coefficient (Wildman–Crippen LogP) is 2.90. The van der Waals surface area contributed by atoms with Gasteiger partial charge in [0.2, 0.25) is 0 Å². The molecule has 0 aromatic heterocycles. The summed E-state index contributed by atoms with van der Waals surface area (Å²) in [5, 5.41) is 3.43. The average molecular weight is 349 g/mol. The zero-order chi connectivity index (χ0) is 13.9. The Bertz CT molecular complexity index is 441. The lowest BCUT2D eigenvalue weighted by Crippen LogP contribution is -2.45. The summed E-state index contributed by atoms with van der Waals surface area (Å²) in [4.78, 5) is 2.59. The molecule has 2 fully saturated rings. The highest BCUT2D eigenvalue weighted by Gasteiger charge is 2.39. The minimum atomic E-state index is 0. The third kappa shape index (κ3) is 3.99. The molecule has 0 spiro atoms. The Labute approximate surface area is 145 Å². The Morgan fingerprint density at radius 3 is 2.05 bits per heavy atom. The fraction of sp³-hybridized carbons (Fsp3) is 0.625. The molecule has 1 aliphatic carbocycles. The van der Waals surface area contributed by atoms with Crippen LogP contribution < -0.4 is 14.8 Å². The zero-order valence-electron chi connectivity index (χ0n) is 13.2. The normalized spacial score (nSPS) is 19.5. The molecule has 0 radical (unpaired) electrons. The van der Waals surface area contributed by atoms with Gasteiger partial charge in [0.05, 0.1) is 19.8 Å². The van der Waals surface area contributed by atoms with Crippen molar-refractivity contribution in [3.63, 3.8) is 0 Å². The standard InChI is InChI=1S/C16H24N2O2.2ClH/c1-19-13-4-3-5-14(20-2)15(13)16(12-6-7-12)18-10-8-17-9-11-18;;/h3-5,12,16-17H,6-11H2,1-2H3;2*1H/t16-;;/m0../s1. The first-order valence-electron chi connectivity index (χ1n) is 7.51. The van der Waals surface area contributed by atoms with Crippen molar-refractivity contribution in [3.05, 3.63) is 23.8 Å². The van der Waals surface area contributed by atoms with Gasteiger partial charge in [0, 0.05) is 32.2 Å². The Morgan fingerprint density at radius 1 is 1.05 bits per heavy atom. The molecule has 126 valence electrons. The van der Waals surface area contributed by atoms with Gasteiger partial charge in [0.1, 0.15) is 11.5 Å². The number of ether oxygens (including phenoxy) is 2. The van der Waals surface area contributed by atoms with E-state index in [0.29, 0.717) is 6.04 Å². The molecular weight excluding hydrogens is 323 g/mol. The summed E-state index contributed by atoms with van der Waals surface area (Å²) in [6.45, 7) is 4.34. The Hall–Kier alpha value is -0.680. The molecule has 1 N–H and O–H groups in total. The Balaban J connectivity index is 0.00000121. The van der Waals surface area contributed by atoms with Gasteiger partial charge in [-0.05, 0) is 30.9 Å². The van der Waals surface area contributed by atoms with Crippen molar-refractivity contribution in [2.45, 2.75) is 18.9 Å². The highest BCUT2D eigenvalue weighted by atomic mass is 35.5. The van der Waals surface area contributed by atoms with Crippen LogP contribution in [0.15, 0.2) is 18.2 Å². The molecule has 1 saturated carbocycles. The van der Waals surface area contributed by atoms with E-state index in [1.54, 1.807) is 14.2 Å². The lowest BCUT2D eigenvalue weighted by Gasteiger charge is -2.36. The van der Waals surface area contributed by atoms with Gasteiger partial charge in [-0.2, -0.15) is 0 Å². The van der Waals surface area contributed by atoms with E-state index in [4.69, 9.17) is 9.47 Å². The molecular formula is C16H26Cl2N2O2. The second-order valence-corrected chi connectivity index (χ2v) is 5.64. The maximum atomic E-state index is 5.62. The van der Waals surface area contributed by atoms with Gasteiger partial charge in [-0.3, -0.25) is 4.90 Å². The molecule has 2 aliphatic rings. The van der Waals surface area contributed by atoms with E-state index in [1.165, 1.54) is 18.4 Å². The summed E-state index contributed by atoms with van der Waals surface area (Å²) < 4.78 is 11.2. The molecule has 0 unspecified atom stereocenters. The average Bonchev–Trinajstić information content (AvgIpc) is 3.33.